The Hall–Kier alpha value is -3.17. The highest BCUT2D eigenvalue weighted by Gasteiger charge is 2.23. The lowest BCUT2D eigenvalue weighted by Gasteiger charge is -2.10. The third-order valence-corrected chi connectivity index (χ3v) is 9.39. The number of pyridine rings is 1. The van der Waals surface area contributed by atoms with Crippen LogP contribution in [0, 0.1) is 0 Å². The largest absolute Gasteiger partial charge is 0.476 e. The molecule has 220 valence electrons. The molecular formula is C27H33N5O7S2. The zero-order valence-electron chi connectivity index (χ0n) is 22.7. The van der Waals surface area contributed by atoms with Gasteiger partial charge in [-0.2, -0.15) is 0 Å². The first-order chi connectivity index (χ1) is 19.9. The predicted molar refractivity (Wildman–Crippen MR) is 154 cm³/mol. The fraction of sp³-hybridized carbons (Fsp3) is 0.481. The molecule has 2 saturated heterocycles. The number of carbonyl (C=O) groups is 1. The van der Waals surface area contributed by atoms with E-state index in [1.807, 2.05) is 0 Å². The normalized spacial score (nSPS) is 19.5. The highest BCUT2D eigenvalue weighted by Crippen LogP contribution is 2.27. The quantitative estimate of drug-likeness (QED) is 0.170. The first-order valence-electron chi connectivity index (χ1n) is 13.5. The van der Waals surface area contributed by atoms with Crippen LogP contribution in [0.5, 0.6) is 5.88 Å². The van der Waals surface area contributed by atoms with Crippen LogP contribution in [0.2, 0.25) is 0 Å². The lowest BCUT2D eigenvalue weighted by Crippen LogP contribution is -2.28. The van der Waals surface area contributed by atoms with Crippen molar-refractivity contribution in [3.63, 3.8) is 0 Å². The minimum atomic E-state index is -3.49. The van der Waals surface area contributed by atoms with Crippen LogP contribution in [0.4, 0.5) is 5.13 Å². The molecule has 14 heteroatoms. The zero-order valence-corrected chi connectivity index (χ0v) is 24.3. The maximum atomic E-state index is 13.4. The number of thiazole rings is 1. The van der Waals surface area contributed by atoms with Crippen LogP contribution in [0.1, 0.15) is 31.2 Å². The number of amides is 1. The minimum absolute atomic E-state index is 0.0134. The Balaban J connectivity index is 1.31. The third-order valence-electron chi connectivity index (χ3n) is 6.69. The van der Waals surface area contributed by atoms with E-state index in [0.717, 1.165) is 19.4 Å². The number of methoxy groups -OCH3 is 1. The van der Waals surface area contributed by atoms with Crippen molar-refractivity contribution >= 4 is 48.3 Å². The molecule has 0 unspecified atom stereocenters. The van der Waals surface area contributed by atoms with Gasteiger partial charge in [0.15, 0.2) is 26.8 Å². The van der Waals surface area contributed by atoms with Gasteiger partial charge in [-0.3, -0.25) is 10.1 Å². The Labute approximate surface area is 242 Å². The van der Waals surface area contributed by atoms with Crippen LogP contribution in [0.25, 0.3) is 10.3 Å². The summed E-state index contributed by atoms with van der Waals surface area (Å²) >= 11 is 1.21. The lowest BCUT2D eigenvalue weighted by atomic mass is 10.1. The van der Waals surface area contributed by atoms with Crippen LogP contribution in [0.3, 0.4) is 0 Å². The van der Waals surface area contributed by atoms with E-state index in [1.165, 1.54) is 30.6 Å². The van der Waals surface area contributed by atoms with Gasteiger partial charge < -0.3 is 24.4 Å². The molecule has 12 nitrogen and oxygen atoms in total. The maximum Gasteiger partial charge on any atom is 0.280 e. The number of sulfone groups is 1. The molecule has 2 atom stereocenters. The van der Waals surface area contributed by atoms with Crippen molar-refractivity contribution in [2.45, 2.75) is 42.7 Å². The van der Waals surface area contributed by atoms with Crippen molar-refractivity contribution in [3.05, 3.63) is 42.0 Å². The number of oxime groups is 1. The van der Waals surface area contributed by atoms with Gasteiger partial charge in [0.2, 0.25) is 5.88 Å². The summed E-state index contributed by atoms with van der Waals surface area (Å²) in [6, 6.07) is 9.89. The fourth-order valence-electron chi connectivity index (χ4n) is 4.46. The molecule has 2 fully saturated rings. The second-order valence-electron chi connectivity index (χ2n) is 9.77. The number of fused-ring (bicyclic) bond motifs is 1. The smallest absolute Gasteiger partial charge is 0.280 e. The number of anilines is 1. The van der Waals surface area contributed by atoms with Crippen molar-refractivity contribution in [3.8, 4) is 5.88 Å². The molecule has 2 N–H and O–H groups in total. The topological polar surface area (TPSA) is 150 Å². The number of ether oxygens (including phenoxy) is 3. The van der Waals surface area contributed by atoms with Crippen LogP contribution >= 0.6 is 11.3 Å². The van der Waals surface area contributed by atoms with Crippen molar-refractivity contribution < 1.29 is 32.3 Å². The minimum Gasteiger partial charge on any atom is -0.476 e. The van der Waals surface area contributed by atoms with E-state index in [0.29, 0.717) is 72.2 Å². The van der Waals surface area contributed by atoms with Gasteiger partial charge in [0.1, 0.15) is 17.0 Å². The summed E-state index contributed by atoms with van der Waals surface area (Å²) in [6.07, 6.45) is 2.98. The number of aromatic nitrogens is 2. The van der Waals surface area contributed by atoms with Gasteiger partial charge in [0.25, 0.3) is 5.91 Å². The van der Waals surface area contributed by atoms with Gasteiger partial charge in [0.05, 0.1) is 23.9 Å². The standard InChI is InChI=1S/C27H33N5O7S2/c1-36-13-3-15-41(34,35)21-7-5-18(6-8-21)24(32-39-20-11-14-37-17-20)25(33)31-27-29-22-9-10-23(30-26(22)40-27)38-16-19-4-2-12-28-19/h5-10,19-20,28H,2-4,11-17H2,1H3,(H,29,31,33)/b32-24+/t19-,20-/m1/s1. The van der Waals surface area contributed by atoms with Gasteiger partial charge in [-0.15, -0.1) is 0 Å². The molecule has 0 saturated carbocycles. The third kappa shape index (κ3) is 7.77. The van der Waals surface area contributed by atoms with E-state index in [-0.39, 0.29) is 22.5 Å². The first kappa shape index (κ1) is 29.3. The number of carbonyl (C=O) groups excluding carboxylic acids is 1. The van der Waals surface area contributed by atoms with Gasteiger partial charge in [0, 0.05) is 37.8 Å². The number of nitrogens with one attached hydrogen (secondary N) is 2. The molecule has 3 aromatic rings. The van der Waals surface area contributed by atoms with Gasteiger partial charge in [-0.05, 0) is 44.0 Å². The SMILES string of the molecule is COCCCS(=O)(=O)c1ccc(/C(=N\O[C@@H]2CCOC2)C(=O)Nc2nc3ccc(OC[C@H]4CCCN4)nc3s2)cc1. The summed E-state index contributed by atoms with van der Waals surface area (Å²) in [4.78, 5) is 28.8. The van der Waals surface area contributed by atoms with Crippen LogP contribution in [-0.2, 0) is 28.9 Å². The molecule has 0 aliphatic carbocycles. The Morgan fingerprint density at radius 1 is 1.20 bits per heavy atom. The number of rotatable bonds is 13. The molecule has 0 spiro atoms. The summed E-state index contributed by atoms with van der Waals surface area (Å²) in [5.41, 5.74) is 1.01. The molecule has 4 heterocycles. The number of benzene rings is 1. The molecule has 5 rings (SSSR count). The Bertz CT molecular complexity index is 1460. The Kier molecular flexibility index (Phi) is 9.77. The molecule has 0 radical (unpaired) electrons. The highest BCUT2D eigenvalue weighted by molar-refractivity contribution is 7.91. The van der Waals surface area contributed by atoms with E-state index >= 15 is 0 Å². The lowest BCUT2D eigenvalue weighted by molar-refractivity contribution is -0.110. The molecule has 1 aromatic carbocycles. The molecule has 41 heavy (non-hydrogen) atoms. The summed E-state index contributed by atoms with van der Waals surface area (Å²) < 4.78 is 41.4. The van der Waals surface area contributed by atoms with Gasteiger partial charge in [-0.25, -0.2) is 18.4 Å². The summed E-state index contributed by atoms with van der Waals surface area (Å²) in [5, 5.41) is 10.7. The van der Waals surface area contributed by atoms with Crippen molar-refractivity contribution in [1.29, 1.82) is 0 Å². The number of hydrogen-bond donors (Lipinski definition) is 2. The Morgan fingerprint density at radius 2 is 2.05 bits per heavy atom. The van der Waals surface area contributed by atoms with E-state index in [4.69, 9.17) is 19.0 Å². The molecule has 1 amide bonds. The molecule has 2 aliphatic heterocycles. The average molecular weight is 604 g/mol. The summed E-state index contributed by atoms with van der Waals surface area (Å²) in [6.45, 7) is 2.83. The molecular weight excluding hydrogens is 570 g/mol. The second-order valence-corrected chi connectivity index (χ2v) is 12.9. The molecule has 0 bridgehead atoms. The highest BCUT2D eigenvalue weighted by atomic mass is 32.2. The van der Waals surface area contributed by atoms with E-state index in [2.05, 4.69) is 25.8 Å². The fourth-order valence-corrected chi connectivity index (χ4v) is 6.56. The Morgan fingerprint density at radius 3 is 2.78 bits per heavy atom. The van der Waals surface area contributed by atoms with Gasteiger partial charge in [-0.1, -0.05) is 28.6 Å². The van der Waals surface area contributed by atoms with E-state index in [9.17, 15) is 13.2 Å². The van der Waals surface area contributed by atoms with Crippen LogP contribution < -0.4 is 15.4 Å². The first-order valence-corrected chi connectivity index (χ1v) is 16.0. The van der Waals surface area contributed by atoms with Crippen LogP contribution in [0.15, 0.2) is 46.4 Å². The van der Waals surface area contributed by atoms with Crippen molar-refractivity contribution in [2.75, 3.05) is 51.2 Å². The maximum absolute atomic E-state index is 13.4. The molecule has 2 aliphatic rings. The van der Waals surface area contributed by atoms with Gasteiger partial charge >= 0.3 is 0 Å². The summed E-state index contributed by atoms with van der Waals surface area (Å²) in [5.74, 6) is -0.0932. The van der Waals surface area contributed by atoms with Crippen molar-refractivity contribution in [1.82, 2.24) is 15.3 Å². The average Bonchev–Trinajstić information content (AvgIpc) is 3.75. The van der Waals surface area contributed by atoms with Crippen LogP contribution in [-0.4, -0.2) is 88.0 Å². The van der Waals surface area contributed by atoms with E-state index in [1.54, 1.807) is 24.3 Å². The second kappa shape index (κ2) is 13.7. The predicted octanol–water partition coefficient (Wildman–Crippen LogP) is 2.78. The number of nitrogens with zero attached hydrogens (tertiary/aromatic N) is 3. The number of hydrogen-bond acceptors (Lipinski definition) is 12. The molecule has 2 aromatic heterocycles. The van der Waals surface area contributed by atoms with Crippen molar-refractivity contribution in [2.24, 2.45) is 5.16 Å². The monoisotopic (exact) mass is 603 g/mol. The zero-order chi connectivity index (χ0) is 28.7. The van der Waals surface area contributed by atoms with E-state index < -0.39 is 15.7 Å². The summed E-state index contributed by atoms with van der Waals surface area (Å²) in [7, 11) is -1.97.